The normalized spacial score (nSPS) is 17.6. The topological polar surface area (TPSA) is 37.8 Å². The molecule has 2 aromatic heterocycles. The lowest BCUT2D eigenvalue weighted by Gasteiger charge is -2.20. The van der Waals surface area contributed by atoms with Crippen LogP contribution in [0.25, 0.3) is 10.2 Å². The summed E-state index contributed by atoms with van der Waals surface area (Å²) in [5.74, 6) is 1.74. The van der Waals surface area contributed by atoms with Gasteiger partial charge in [-0.3, -0.25) is 0 Å². The third kappa shape index (κ3) is 1.90. The first-order chi connectivity index (χ1) is 8.21. The molecule has 2 heterocycles. The van der Waals surface area contributed by atoms with Crippen molar-refractivity contribution >= 4 is 27.4 Å². The number of anilines is 1. The van der Waals surface area contributed by atoms with Gasteiger partial charge in [0.15, 0.2) is 0 Å². The zero-order chi connectivity index (χ0) is 11.9. The summed E-state index contributed by atoms with van der Waals surface area (Å²) in [6.45, 7) is 5.67. The zero-order valence-electron chi connectivity index (χ0n) is 10.2. The Labute approximate surface area is 105 Å². The average molecular weight is 247 g/mol. The van der Waals surface area contributed by atoms with E-state index >= 15 is 0 Å². The molecule has 3 nitrogen and oxygen atoms in total. The highest BCUT2D eigenvalue weighted by Crippen LogP contribution is 2.51. The van der Waals surface area contributed by atoms with Crippen molar-refractivity contribution < 1.29 is 0 Å². The molecule has 0 radical (unpaired) electrons. The lowest BCUT2D eigenvalue weighted by atomic mass is 9.92. The summed E-state index contributed by atoms with van der Waals surface area (Å²) in [5.41, 5.74) is 1.55. The molecule has 17 heavy (non-hydrogen) atoms. The van der Waals surface area contributed by atoms with Crippen LogP contribution < -0.4 is 5.32 Å². The standard InChI is InChI=1S/C13H17N3S/c1-9(2)13(4-5-13)7-14-12-11-10(3-6-17-11)15-8-16-12/h3,6,8-9H,4-5,7H2,1-2H3,(H,14,15,16). The summed E-state index contributed by atoms with van der Waals surface area (Å²) in [6, 6.07) is 2.04. The molecule has 0 saturated heterocycles. The molecule has 0 unspecified atom stereocenters. The number of nitrogens with zero attached hydrogens (tertiary/aromatic N) is 2. The van der Waals surface area contributed by atoms with Crippen molar-refractivity contribution in [3.8, 4) is 0 Å². The van der Waals surface area contributed by atoms with Crippen LogP contribution in [0.1, 0.15) is 26.7 Å². The minimum atomic E-state index is 0.508. The first kappa shape index (κ1) is 11.0. The van der Waals surface area contributed by atoms with Crippen LogP contribution in [0.5, 0.6) is 0 Å². The molecule has 3 rings (SSSR count). The highest BCUT2D eigenvalue weighted by Gasteiger charge is 2.45. The van der Waals surface area contributed by atoms with E-state index in [4.69, 9.17) is 0 Å². The second-order valence-electron chi connectivity index (χ2n) is 5.23. The molecule has 0 atom stereocenters. The van der Waals surface area contributed by atoms with E-state index in [1.807, 2.05) is 6.07 Å². The summed E-state index contributed by atoms with van der Waals surface area (Å²) in [7, 11) is 0. The van der Waals surface area contributed by atoms with Gasteiger partial charge >= 0.3 is 0 Å². The van der Waals surface area contributed by atoms with Gasteiger partial charge in [-0.1, -0.05) is 13.8 Å². The van der Waals surface area contributed by atoms with E-state index in [1.165, 1.54) is 17.5 Å². The van der Waals surface area contributed by atoms with Gasteiger partial charge in [-0.15, -0.1) is 11.3 Å². The minimum absolute atomic E-state index is 0.508. The van der Waals surface area contributed by atoms with Crippen molar-refractivity contribution in [1.82, 2.24) is 9.97 Å². The summed E-state index contributed by atoms with van der Waals surface area (Å²) >= 11 is 1.71. The molecule has 1 fully saturated rings. The largest absolute Gasteiger partial charge is 0.368 e. The van der Waals surface area contributed by atoms with Gasteiger partial charge in [-0.25, -0.2) is 9.97 Å². The quantitative estimate of drug-likeness (QED) is 0.898. The summed E-state index contributed by atoms with van der Waals surface area (Å²) in [6.07, 6.45) is 4.33. The minimum Gasteiger partial charge on any atom is -0.368 e. The van der Waals surface area contributed by atoms with Crippen molar-refractivity contribution in [2.24, 2.45) is 11.3 Å². The number of thiophene rings is 1. The van der Waals surface area contributed by atoms with Gasteiger partial charge in [-0.05, 0) is 35.6 Å². The van der Waals surface area contributed by atoms with Crippen LogP contribution in [0.3, 0.4) is 0 Å². The predicted octanol–water partition coefficient (Wildman–Crippen LogP) is 3.54. The highest BCUT2D eigenvalue weighted by molar-refractivity contribution is 7.17. The van der Waals surface area contributed by atoms with Gasteiger partial charge in [0.1, 0.15) is 12.1 Å². The fourth-order valence-electron chi connectivity index (χ4n) is 2.29. The van der Waals surface area contributed by atoms with Crippen molar-refractivity contribution in [2.75, 3.05) is 11.9 Å². The van der Waals surface area contributed by atoms with Crippen LogP contribution in [-0.4, -0.2) is 16.5 Å². The van der Waals surface area contributed by atoms with Crippen LogP contribution >= 0.6 is 11.3 Å². The maximum atomic E-state index is 4.36. The number of nitrogens with one attached hydrogen (secondary N) is 1. The molecule has 1 N–H and O–H groups in total. The van der Waals surface area contributed by atoms with E-state index < -0.39 is 0 Å². The monoisotopic (exact) mass is 247 g/mol. The lowest BCUT2D eigenvalue weighted by molar-refractivity contribution is 0.380. The Morgan fingerprint density at radius 2 is 2.24 bits per heavy atom. The van der Waals surface area contributed by atoms with E-state index in [0.29, 0.717) is 5.41 Å². The fourth-order valence-corrected chi connectivity index (χ4v) is 3.10. The fraction of sp³-hybridized carbons (Fsp3) is 0.538. The van der Waals surface area contributed by atoms with E-state index in [9.17, 15) is 0 Å². The Hall–Kier alpha value is -1.16. The van der Waals surface area contributed by atoms with E-state index in [0.717, 1.165) is 23.8 Å². The van der Waals surface area contributed by atoms with Crippen LogP contribution in [-0.2, 0) is 0 Å². The van der Waals surface area contributed by atoms with Crippen molar-refractivity contribution in [3.05, 3.63) is 17.8 Å². The van der Waals surface area contributed by atoms with Gasteiger partial charge in [0.05, 0.1) is 10.2 Å². The van der Waals surface area contributed by atoms with Gasteiger partial charge in [-0.2, -0.15) is 0 Å². The Morgan fingerprint density at radius 3 is 2.94 bits per heavy atom. The summed E-state index contributed by atoms with van der Waals surface area (Å²) in [5, 5.41) is 5.59. The molecule has 1 aliphatic rings. The SMILES string of the molecule is CC(C)C1(CNc2ncnc3ccsc23)CC1. The Kier molecular flexibility index (Phi) is 2.54. The van der Waals surface area contributed by atoms with E-state index in [2.05, 4.69) is 34.5 Å². The Morgan fingerprint density at radius 1 is 1.41 bits per heavy atom. The van der Waals surface area contributed by atoms with E-state index in [-0.39, 0.29) is 0 Å². The van der Waals surface area contributed by atoms with Gasteiger partial charge in [0, 0.05) is 6.54 Å². The molecular formula is C13H17N3S. The van der Waals surface area contributed by atoms with Crippen molar-refractivity contribution in [3.63, 3.8) is 0 Å². The average Bonchev–Trinajstić information content (AvgIpc) is 2.96. The number of fused-ring (bicyclic) bond motifs is 1. The van der Waals surface area contributed by atoms with Crippen LogP contribution in [0.15, 0.2) is 17.8 Å². The second-order valence-corrected chi connectivity index (χ2v) is 6.14. The van der Waals surface area contributed by atoms with Crippen molar-refractivity contribution in [2.45, 2.75) is 26.7 Å². The van der Waals surface area contributed by atoms with Crippen LogP contribution in [0.4, 0.5) is 5.82 Å². The maximum Gasteiger partial charge on any atom is 0.147 e. The third-order valence-electron chi connectivity index (χ3n) is 3.97. The number of hydrogen-bond donors (Lipinski definition) is 1. The molecule has 0 aliphatic heterocycles. The molecule has 1 saturated carbocycles. The lowest BCUT2D eigenvalue weighted by Crippen LogP contribution is -2.21. The molecule has 0 spiro atoms. The van der Waals surface area contributed by atoms with Gasteiger partial charge < -0.3 is 5.32 Å². The zero-order valence-corrected chi connectivity index (χ0v) is 11.0. The van der Waals surface area contributed by atoms with Gasteiger partial charge in [0.25, 0.3) is 0 Å². The van der Waals surface area contributed by atoms with Crippen molar-refractivity contribution in [1.29, 1.82) is 0 Å². The van der Waals surface area contributed by atoms with E-state index in [1.54, 1.807) is 17.7 Å². The Bertz CT molecular complexity index is 528. The number of hydrogen-bond acceptors (Lipinski definition) is 4. The number of rotatable bonds is 4. The molecule has 0 aromatic carbocycles. The molecule has 2 aromatic rings. The highest BCUT2D eigenvalue weighted by atomic mass is 32.1. The second kappa shape index (κ2) is 3.95. The van der Waals surface area contributed by atoms with Gasteiger partial charge in [0.2, 0.25) is 0 Å². The molecule has 0 amide bonds. The molecule has 0 bridgehead atoms. The smallest absolute Gasteiger partial charge is 0.147 e. The maximum absolute atomic E-state index is 4.36. The van der Waals surface area contributed by atoms with Crippen LogP contribution in [0.2, 0.25) is 0 Å². The first-order valence-corrected chi connectivity index (χ1v) is 7.01. The number of aromatic nitrogens is 2. The third-order valence-corrected chi connectivity index (χ3v) is 4.88. The molecule has 4 heteroatoms. The van der Waals surface area contributed by atoms with Crippen LogP contribution in [0, 0.1) is 11.3 Å². The molecule has 1 aliphatic carbocycles. The summed E-state index contributed by atoms with van der Waals surface area (Å²) < 4.78 is 1.17. The molecular weight excluding hydrogens is 230 g/mol. The first-order valence-electron chi connectivity index (χ1n) is 6.13. The summed E-state index contributed by atoms with van der Waals surface area (Å²) in [4.78, 5) is 8.61. The Balaban J connectivity index is 1.79. The molecule has 90 valence electrons. The predicted molar refractivity (Wildman–Crippen MR) is 72.4 cm³/mol.